The van der Waals surface area contributed by atoms with Gasteiger partial charge in [0.1, 0.15) is 13.2 Å². The molecule has 100 valence electrons. The van der Waals surface area contributed by atoms with Crippen molar-refractivity contribution in [3.8, 4) is 0 Å². The third-order valence-electron chi connectivity index (χ3n) is 1.73. The first-order valence-corrected chi connectivity index (χ1v) is 9.43. The Morgan fingerprint density at radius 3 is 2.06 bits per heavy atom. The van der Waals surface area contributed by atoms with E-state index >= 15 is 0 Å². The highest BCUT2D eigenvalue weighted by Gasteiger charge is 2.13. The highest BCUT2D eigenvalue weighted by atomic mass is 28.3. The molecule has 0 heterocycles. The molecule has 17 heavy (non-hydrogen) atoms. The first-order chi connectivity index (χ1) is 7.81. The van der Waals surface area contributed by atoms with Crippen molar-refractivity contribution < 1.29 is 19.1 Å². The van der Waals surface area contributed by atoms with E-state index in [1.807, 2.05) is 0 Å². The lowest BCUT2D eigenvalue weighted by atomic mass is 10.5. The van der Waals surface area contributed by atoms with Crippen molar-refractivity contribution in [2.45, 2.75) is 26.6 Å². The average Bonchev–Trinajstić information content (AvgIpc) is 2.19. The number of hydrogen-bond donors (Lipinski definition) is 1. The standard InChI is InChI=1S/C11H23NO4Si/c1-10(13)7-15-5-6-16-8-11(14)12-9-17(2,3)4/h5-9H2,1-4H3,(H,12,14). The van der Waals surface area contributed by atoms with Gasteiger partial charge in [0.2, 0.25) is 5.91 Å². The van der Waals surface area contributed by atoms with Gasteiger partial charge in [0, 0.05) is 6.17 Å². The van der Waals surface area contributed by atoms with E-state index in [4.69, 9.17) is 9.47 Å². The maximum absolute atomic E-state index is 11.3. The van der Waals surface area contributed by atoms with Crippen molar-refractivity contribution in [2.75, 3.05) is 32.6 Å². The highest BCUT2D eigenvalue weighted by Crippen LogP contribution is 1.96. The maximum Gasteiger partial charge on any atom is 0.245 e. The largest absolute Gasteiger partial charge is 0.371 e. The number of amides is 1. The number of nitrogens with one attached hydrogen (secondary N) is 1. The summed E-state index contributed by atoms with van der Waals surface area (Å²) in [6, 6.07) is 0. The molecule has 0 aliphatic heterocycles. The van der Waals surface area contributed by atoms with E-state index in [-0.39, 0.29) is 24.9 Å². The van der Waals surface area contributed by atoms with Crippen LogP contribution >= 0.6 is 0 Å². The summed E-state index contributed by atoms with van der Waals surface area (Å²) in [5, 5.41) is 2.83. The summed E-state index contributed by atoms with van der Waals surface area (Å²) in [5.41, 5.74) is 0. The van der Waals surface area contributed by atoms with Crippen molar-refractivity contribution in [1.29, 1.82) is 0 Å². The number of carbonyl (C=O) groups excluding carboxylic acids is 2. The lowest BCUT2D eigenvalue weighted by Gasteiger charge is -2.16. The molecule has 0 aromatic heterocycles. The summed E-state index contributed by atoms with van der Waals surface area (Å²) in [5.74, 6) is -0.114. The molecule has 0 bridgehead atoms. The van der Waals surface area contributed by atoms with Crippen LogP contribution in [0.5, 0.6) is 0 Å². The van der Waals surface area contributed by atoms with Crippen LogP contribution < -0.4 is 5.32 Å². The van der Waals surface area contributed by atoms with Gasteiger partial charge >= 0.3 is 0 Å². The summed E-state index contributed by atoms with van der Waals surface area (Å²) >= 11 is 0. The third kappa shape index (κ3) is 13.2. The van der Waals surface area contributed by atoms with E-state index in [0.717, 1.165) is 6.17 Å². The molecule has 0 aromatic rings. The molecule has 0 aliphatic carbocycles. The van der Waals surface area contributed by atoms with Crippen molar-refractivity contribution >= 4 is 19.8 Å². The van der Waals surface area contributed by atoms with Gasteiger partial charge in [-0.25, -0.2) is 0 Å². The fraction of sp³-hybridized carbons (Fsp3) is 0.818. The quantitative estimate of drug-likeness (QED) is 0.488. The number of hydrogen-bond acceptors (Lipinski definition) is 4. The van der Waals surface area contributed by atoms with Gasteiger partial charge in [-0.15, -0.1) is 0 Å². The Labute approximate surface area is 104 Å². The van der Waals surface area contributed by atoms with Crippen molar-refractivity contribution in [3.63, 3.8) is 0 Å². The molecule has 0 spiro atoms. The molecule has 0 unspecified atom stereocenters. The lowest BCUT2D eigenvalue weighted by Crippen LogP contribution is -2.41. The molecular weight excluding hydrogens is 238 g/mol. The normalized spacial score (nSPS) is 11.3. The van der Waals surface area contributed by atoms with Gasteiger partial charge in [0.15, 0.2) is 5.78 Å². The van der Waals surface area contributed by atoms with E-state index in [2.05, 4.69) is 25.0 Å². The van der Waals surface area contributed by atoms with Crippen LogP contribution in [-0.4, -0.2) is 52.4 Å². The number of carbonyl (C=O) groups is 2. The minimum absolute atomic E-state index is 0.0159. The molecule has 0 aliphatic rings. The van der Waals surface area contributed by atoms with Gasteiger partial charge < -0.3 is 14.8 Å². The molecule has 0 saturated carbocycles. The molecule has 6 heteroatoms. The Morgan fingerprint density at radius 1 is 1.06 bits per heavy atom. The van der Waals surface area contributed by atoms with Crippen LogP contribution in [0.15, 0.2) is 0 Å². The monoisotopic (exact) mass is 261 g/mol. The van der Waals surface area contributed by atoms with Crippen LogP contribution in [0.25, 0.3) is 0 Å². The van der Waals surface area contributed by atoms with Gasteiger partial charge in [-0.05, 0) is 6.92 Å². The SMILES string of the molecule is CC(=O)COCCOCC(=O)NC[Si](C)(C)C. The first kappa shape index (κ1) is 16.3. The smallest absolute Gasteiger partial charge is 0.245 e. The first-order valence-electron chi connectivity index (χ1n) is 5.73. The Balaban J connectivity index is 3.37. The van der Waals surface area contributed by atoms with Crippen LogP contribution in [0.1, 0.15) is 6.92 Å². The molecule has 0 radical (unpaired) electrons. The fourth-order valence-electron chi connectivity index (χ4n) is 0.913. The second-order valence-electron chi connectivity index (χ2n) is 5.14. The zero-order valence-electron chi connectivity index (χ0n) is 11.2. The predicted molar refractivity (Wildman–Crippen MR) is 68.7 cm³/mol. The van der Waals surface area contributed by atoms with E-state index in [0.29, 0.717) is 13.2 Å². The molecule has 0 saturated heterocycles. The predicted octanol–water partition coefficient (Wildman–Crippen LogP) is 0.602. The van der Waals surface area contributed by atoms with Crippen LogP contribution in [0.3, 0.4) is 0 Å². The van der Waals surface area contributed by atoms with Crippen molar-refractivity contribution in [1.82, 2.24) is 5.32 Å². The molecule has 0 fully saturated rings. The van der Waals surface area contributed by atoms with E-state index in [9.17, 15) is 9.59 Å². The third-order valence-corrected chi connectivity index (χ3v) is 2.96. The number of ketones is 1. The van der Waals surface area contributed by atoms with Crippen LogP contribution in [0, 0.1) is 0 Å². The van der Waals surface area contributed by atoms with Crippen LogP contribution in [0.2, 0.25) is 19.6 Å². The van der Waals surface area contributed by atoms with Gasteiger partial charge in [0.25, 0.3) is 0 Å². The molecule has 1 N–H and O–H groups in total. The molecule has 1 amide bonds. The van der Waals surface area contributed by atoms with Gasteiger partial charge in [-0.3, -0.25) is 9.59 Å². The number of rotatable bonds is 9. The Bertz CT molecular complexity index is 250. The minimum atomic E-state index is -1.24. The number of Topliss-reactive ketones (excluding diaryl/α,β-unsaturated/α-hetero) is 1. The summed E-state index contributed by atoms with van der Waals surface area (Å²) in [6.07, 6.45) is 0.760. The highest BCUT2D eigenvalue weighted by molar-refractivity contribution is 6.76. The summed E-state index contributed by atoms with van der Waals surface area (Å²) in [4.78, 5) is 21.9. The van der Waals surface area contributed by atoms with E-state index in [1.54, 1.807) is 0 Å². The summed E-state index contributed by atoms with van der Waals surface area (Å²) in [6.45, 7) is 8.83. The maximum atomic E-state index is 11.3. The molecule has 0 aromatic carbocycles. The van der Waals surface area contributed by atoms with Gasteiger partial charge in [-0.2, -0.15) is 0 Å². The topological polar surface area (TPSA) is 64.6 Å². The zero-order chi connectivity index (χ0) is 13.3. The second kappa shape index (κ2) is 8.38. The van der Waals surface area contributed by atoms with Crippen molar-refractivity contribution in [2.24, 2.45) is 0 Å². The lowest BCUT2D eigenvalue weighted by molar-refractivity contribution is -0.127. The average molecular weight is 261 g/mol. The molecule has 5 nitrogen and oxygen atoms in total. The van der Waals surface area contributed by atoms with Crippen molar-refractivity contribution in [3.05, 3.63) is 0 Å². The van der Waals surface area contributed by atoms with Crippen LogP contribution in [-0.2, 0) is 19.1 Å². The Morgan fingerprint density at radius 2 is 1.59 bits per heavy atom. The summed E-state index contributed by atoms with van der Waals surface area (Å²) in [7, 11) is -1.24. The van der Waals surface area contributed by atoms with Gasteiger partial charge in [0.05, 0.1) is 21.3 Å². The van der Waals surface area contributed by atoms with Crippen LogP contribution in [0.4, 0.5) is 0 Å². The second-order valence-corrected chi connectivity index (χ2v) is 10.6. The molecule has 0 atom stereocenters. The minimum Gasteiger partial charge on any atom is -0.371 e. The van der Waals surface area contributed by atoms with E-state index < -0.39 is 8.07 Å². The molecule has 0 rings (SSSR count). The number of ether oxygens (including phenoxy) is 2. The Kier molecular flexibility index (Phi) is 8.02. The van der Waals surface area contributed by atoms with Gasteiger partial charge in [-0.1, -0.05) is 19.6 Å². The zero-order valence-corrected chi connectivity index (χ0v) is 12.2. The van der Waals surface area contributed by atoms with E-state index in [1.165, 1.54) is 6.92 Å². The molecular formula is C11H23NO4Si. The Hall–Kier alpha value is -0.723. The fourth-order valence-corrected chi connectivity index (χ4v) is 1.64. The summed E-state index contributed by atoms with van der Waals surface area (Å²) < 4.78 is 10.1.